The van der Waals surface area contributed by atoms with Gasteiger partial charge in [-0.25, -0.2) is 4.68 Å². The topological polar surface area (TPSA) is 29.9 Å². The average Bonchev–Trinajstić information content (AvgIpc) is 2.99. The zero-order valence-electron chi connectivity index (χ0n) is 11.7. The summed E-state index contributed by atoms with van der Waals surface area (Å²) >= 11 is 6.08. The summed E-state index contributed by atoms with van der Waals surface area (Å²) < 4.78 is 1.88. The molecule has 1 atom stereocenters. The molecule has 0 aliphatic carbocycles. The first-order valence-electron chi connectivity index (χ1n) is 6.81. The fraction of sp³-hybridized carbons (Fsp3) is 0.118. The molecule has 0 bridgehead atoms. The summed E-state index contributed by atoms with van der Waals surface area (Å²) in [6.45, 7) is 0. The van der Waals surface area contributed by atoms with Gasteiger partial charge in [0.1, 0.15) is 0 Å². The largest absolute Gasteiger partial charge is 0.308 e. The Kier molecular flexibility index (Phi) is 4.04. The lowest BCUT2D eigenvalue weighted by Gasteiger charge is -2.14. The van der Waals surface area contributed by atoms with Crippen LogP contribution >= 0.6 is 11.6 Å². The quantitative estimate of drug-likeness (QED) is 0.793. The van der Waals surface area contributed by atoms with Crippen LogP contribution in [0.15, 0.2) is 66.9 Å². The highest BCUT2D eigenvalue weighted by Crippen LogP contribution is 2.23. The van der Waals surface area contributed by atoms with E-state index in [1.807, 2.05) is 72.5 Å². The second-order valence-corrected chi connectivity index (χ2v) is 5.23. The SMILES string of the molecule is CNC(c1cccc(Cl)c1)c1ccn(-c2ccccc2)n1. The first kappa shape index (κ1) is 13.9. The lowest BCUT2D eigenvalue weighted by atomic mass is 10.0. The Balaban J connectivity index is 1.94. The van der Waals surface area contributed by atoms with E-state index in [1.54, 1.807) is 0 Å². The molecule has 3 aromatic rings. The minimum atomic E-state index is 0.0219. The van der Waals surface area contributed by atoms with Gasteiger partial charge >= 0.3 is 0 Å². The highest BCUT2D eigenvalue weighted by atomic mass is 35.5. The number of halogens is 1. The van der Waals surface area contributed by atoms with E-state index in [1.165, 1.54) is 0 Å². The molecule has 0 aliphatic heterocycles. The molecule has 2 aromatic carbocycles. The average molecular weight is 298 g/mol. The molecule has 0 fully saturated rings. The van der Waals surface area contributed by atoms with Gasteiger partial charge < -0.3 is 5.32 Å². The summed E-state index contributed by atoms with van der Waals surface area (Å²) in [4.78, 5) is 0. The van der Waals surface area contributed by atoms with Crippen LogP contribution in [0.1, 0.15) is 17.3 Å². The van der Waals surface area contributed by atoms with Crippen LogP contribution in [0.4, 0.5) is 0 Å². The fourth-order valence-electron chi connectivity index (χ4n) is 2.39. The third-order valence-corrected chi connectivity index (χ3v) is 3.63. The van der Waals surface area contributed by atoms with Crippen LogP contribution < -0.4 is 5.32 Å². The van der Waals surface area contributed by atoms with Crippen LogP contribution in [0.5, 0.6) is 0 Å². The van der Waals surface area contributed by atoms with E-state index in [2.05, 4.69) is 16.5 Å². The van der Waals surface area contributed by atoms with E-state index < -0.39 is 0 Å². The van der Waals surface area contributed by atoms with Crippen molar-refractivity contribution in [1.29, 1.82) is 0 Å². The predicted molar refractivity (Wildman–Crippen MR) is 85.9 cm³/mol. The van der Waals surface area contributed by atoms with Crippen molar-refractivity contribution in [2.24, 2.45) is 0 Å². The minimum absolute atomic E-state index is 0.0219. The molecule has 3 rings (SSSR count). The normalized spacial score (nSPS) is 12.3. The molecule has 21 heavy (non-hydrogen) atoms. The van der Waals surface area contributed by atoms with E-state index in [0.717, 1.165) is 22.0 Å². The van der Waals surface area contributed by atoms with Crippen molar-refractivity contribution in [1.82, 2.24) is 15.1 Å². The van der Waals surface area contributed by atoms with Gasteiger partial charge in [0.25, 0.3) is 0 Å². The van der Waals surface area contributed by atoms with Crippen molar-refractivity contribution in [3.63, 3.8) is 0 Å². The molecule has 1 aromatic heterocycles. The van der Waals surface area contributed by atoms with Crippen LogP contribution in [-0.4, -0.2) is 16.8 Å². The van der Waals surface area contributed by atoms with Gasteiger partial charge in [-0.15, -0.1) is 0 Å². The number of para-hydroxylation sites is 1. The molecule has 0 aliphatic rings. The Morgan fingerprint density at radius 3 is 2.57 bits per heavy atom. The lowest BCUT2D eigenvalue weighted by Crippen LogP contribution is -2.18. The Labute approximate surface area is 129 Å². The molecule has 0 saturated carbocycles. The lowest BCUT2D eigenvalue weighted by molar-refractivity contribution is 0.657. The number of rotatable bonds is 4. The first-order valence-corrected chi connectivity index (χ1v) is 7.19. The summed E-state index contributed by atoms with van der Waals surface area (Å²) in [5.74, 6) is 0. The van der Waals surface area contributed by atoms with Crippen molar-refractivity contribution in [2.75, 3.05) is 7.05 Å². The molecule has 4 heteroatoms. The van der Waals surface area contributed by atoms with Gasteiger partial charge in [0, 0.05) is 11.2 Å². The van der Waals surface area contributed by atoms with Gasteiger partial charge in [0.15, 0.2) is 0 Å². The van der Waals surface area contributed by atoms with E-state index in [9.17, 15) is 0 Å². The molecule has 3 nitrogen and oxygen atoms in total. The smallest absolute Gasteiger partial charge is 0.0843 e. The molecule has 0 saturated heterocycles. The fourth-order valence-corrected chi connectivity index (χ4v) is 2.59. The van der Waals surface area contributed by atoms with Gasteiger partial charge in [-0.05, 0) is 42.9 Å². The molecule has 0 amide bonds. The molecular weight excluding hydrogens is 282 g/mol. The molecule has 0 radical (unpaired) electrons. The zero-order valence-corrected chi connectivity index (χ0v) is 12.5. The maximum absolute atomic E-state index is 6.08. The second kappa shape index (κ2) is 6.12. The van der Waals surface area contributed by atoms with Gasteiger partial charge in [-0.1, -0.05) is 41.9 Å². The number of hydrogen-bond acceptors (Lipinski definition) is 2. The summed E-state index contributed by atoms with van der Waals surface area (Å²) in [7, 11) is 1.92. The van der Waals surface area contributed by atoms with Crippen molar-refractivity contribution in [3.8, 4) is 5.69 Å². The Morgan fingerprint density at radius 1 is 1.05 bits per heavy atom. The van der Waals surface area contributed by atoms with E-state index in [0.29, 0.717) is 0 Å². The molecule has 1 unspecified atom stereocenters. The predicted octanol–water partition coefficient (Wildman–Crippen LogP) is 3.83. The molecule has 1 N–H and O–H groups in total. The van der Waals surface area contributed by atoms with Crippen molar-refractivity contribution in [3.05, 3.63) is 83.1 Å². The maximum atomic E-state index is 6.08. The molecule has 0 spiro atoms. The highest BCUT2D eigenvalue weighted by molar-refractivity contribution is 6.30. The summed E-state index contributed by atoms with van der Waals surface area (Å²) in [5.41, 5.74) is 3.11. The monoisotopic (exact) mass is 297 g/mol. The van der Waals surface area contributed by atoms with Crippen LogP contribution in [0.2, 0.25) is 5.02 Å². The first-order chi connectivity index (χ1) is 10.3. The van der Waals surface area contributed by atoms with Gasteiger partial charge in [0.05, 0.1) is 17.4 Å². The summed E-state index contributed by atoms with van der Waals surface area (Å²) in [5, 5.41) is 8.69. The summed E-state index contributed by atoms with van der Waals surface area (Å²) in [6.07, 6.45) is 1.97. The Bertz CT molecular complexity index is 722. The second-order valence-electron chi connectivity index (χ2n) is 4.80. The highest BCUT2D eigenvalue weighted by Gasteiger charge is 2.15. The van der Waals surface area contributed by atoms with Gasteiger partial charge in [-0.2, -0.15) is 5.10 Å². The van der Waals surface area contributed by atoms with E-state index >= 15 is 0 Å². The van der Waals surface area contributed by atoms with Crippen molar-refractivity contribution in [2.45, 2.75) is 6.04 Å². The number of hydrogen-bond donors (Lipinski definition) is 1. The van der Waals surface area contributed by atoms with Crippen LogP contribution in [0.25, 0.3) is 5.69 Å². The number of nitrogens with zero attached hydrogens (tertiary/aromatic N) is 2. The van der Waals surface area contributed by atoms with Gasteiger partial charge in [-0.3, -0.25) is 0 Å². The third kappa shape index (κ3) is 2.99. The third-order valence-electron chi connectivity index (χ3n) is 3.40. The Hall–Kier alpha value is -2.10. The number of aromatic nitrogens is 2. The minimum Gasteiger partial charge on any atom is -0.308 e. The standard InChI is InChI=1S/C17H16ClN3/c1-19-17(13-6-5-7-14(18)12-13)16-10-11-21(20-16)15-8-3-2-4-9-15/h2-12,17,19H,1H3. The van der Waals surface area contributed by atoms with Crippen LogP contribution in [-0.2, 0) is 0 Å². The molecule has 106 valence electrons. The van der Waals surface area contributed by atoms with E-state index in [-0.39, 0.29) is 6.04 Å². The number of nitrogens with one attached hydrogen (secondary N) is 1. The van der Waals surface area contributed by atoms with Crippen LogP contribution in [0, 0.1) is 0 Å². The van der Waals surface area contributed by atoms with Crippen molar-refractivity contribution < 1.29 is 0 Å². The van der Waals surface area contributed by atoms with Crippen molar-refractivity contribution >= 4 is 11.6 Å². The number of benzene rings is 2. The Morgan fingerprint density at radius 2 is 1.86 bits per heavy atom. The van der Waals surface area contributed by atoms with E-state index in [4.69, 9.17) is 11.6 Å². The van der Waals surface area contributed by atoms with Crippen LogP contribution in [0.3, 0.4) is 0 Å². The summed E-state index contributed by atoms with van der Waals surface area (Å²) in [6, 6.07) is 20.0. The molecular formula is C17H16ClN3. The van der Waals surface area contributed by atoms with Gasteiger partial charge in [0.2, 0.25) is 0 Å². The maximum Gasteiger partial charge on any atom is 0.0843 e. The molecule has 1 heterocycles. The zero-order chi connectivity index (χ0) is 14.7.